The molecule has 2 amide bonds. The normalized spacial score (nSPS) is 22.5. The van der Waals surface area contributed by atoms with Gasteiger partial charge in [0.05, 0.1) is 7.11 Å². The number of cyclic esters (lactones) is 1. The Morgan fingerprint density at radius 2 is 2.27 bits per heavy atom. The fourth-order valence-corrected chi connectivity index (χ4v) is 0.618. The van der Waals surface area contributed by atoms with Crippen LogP contribution in [0.4, 0.5) is 4.79 Å². The third kappa shape index (κ3) is 1.28. The molecule has 1 aliphatic rings. The second-order valence-corrected chi connectivity index (χ2v) is 1.80. The molecule has 0 aromatic rings. The molecule has 1 atom stereocenters. The van der Waals surface area contributed by atoms with Crippen molar-refractivity contribution in [1.29, 1.82) is 0 Å². The number of alkyl carbamates (subject to hydrolysis) is 1. The first kappa shape index (κ1) is 7.52. The summed E-state index contributed by atoms with van der Waals surface area (Å²) in [6, 6.07) is 0. The van der Waals surface area contributed by atoms with Crippen LogP contribution in [0.3, 0.4) is 0 Å². The molecule has 0 bridgehead atoms. The number of ether oxygens (including phenoxy) is 2. The Balaban J connectivity index is 2.67. The second-order valence-electron chi connectivity index (χ2n) is 1.80. The van der Waals surface area contributed by atoms with Crippen molar-refractivity contribution in [2.45, 2.75) is 6.10 Å². The van der Waals surface area contributed by atoms with Crippen LogP contribution in [0.5, 0.6) is 0 Å². The minimum Gasteiger partial charge on any atom is -0.466 e. The summed E-state index contributed by atoms with van der Waals surface area (Å²) < 4.78 is 8.43. The molecular formula is C5H5NO5. The van der Waals surface area contributed by atoms with Crippen LogP contribution >= 0.6 is 0 Å². The number of rotatable bonds is 1. The van der Waals surface area contributed by atoms with Gasteiger partial charge in [-0.25, -0.2) is 9.59 Å². The number of hydrogen-bond donors (Lipinski definition) is 1. The molecule has 0 spiro atoms. The smallest absolute Gasteiger partial charge is 0.415 e. The van der Waals surface area contributed by atoms with Crippen LogP contribution in [0.25, 0.3) is 0 Å². The molecule has 1 fully saturated rings. The highest BCUT2D eigenvalue weighted by Crippen LogP contribution is 2.02. The highest BCUT2D eigenvalue weighted by Gasteiger charge is 2.39. The fraction of sp³-hybridized carbons (Fsp3) is 0.400. The zero-order valence-corrected chi connectivity index (χ0v) is 5.62. The number of methoxy groups -OCH3 is 1. The lowest BCUT2D eigenvalue weighted by molar-refractivity contribution is -0.152. The van der Waals surface area contributed by atoms with Crippen LogP contribution in [0.2, 0.25) is 0 Å². The summed E-state index contributed by atoms with van der Waals surface area (Å²) in [6.07, 6.45) is -2.36. The maximum atomic E-state index is 10.6. The monoisotopic (exact) mass is 159 g/mol. The molecule has 1 unspecified atom stereocenters. The lowest BCUT2D eigenvalue weighted by atomic mass is 10.3. The van der Waals surface area contributed by atoms with E-state index in [0.717, 1.165) is 7.11 Å². The third-order valence-electron chi connectivity index (χ3n) is 1.10. The van der Waals surface area contributed by atoms with E-state index in [-0.39, 0.29) is 0 Å². The minimum atomic E-state index is -1.44. The average molecular weight is 159 g/mol. The van der Waals surface area contributed by atoms with Crippen LogP contribution in [0.15, 0.2) is 0 Å². The quantitative estimate of drug-likeness (QED) is 0.383. The third-order valence-corrected chi connectivity index (χ3v) is 1.10. The molecule has 6 nitrogen and oxygen atoms in total. The summed E-state index contributed by atoms with van der Waals surface area (Å²) >= 11 is 0. The van der Waals surface area contributed by atoms with Gasteiger partial charge in [0.1, 0.15) is 0 Å². The first-order valence-electron chi connectivity index (χ1n) is 2.74. The molecule has 1 aliphatic heterocycles. The van der Waals surface area contributed by atoms with Crippen molar-refractivity contribution in [3.05, 3.63) is 0 Å². The number of amides is 2. The number of carbonyl (C=O) groups excluding carboxylic acids is 3. The van der Waals surface area contributed by atoms with Crippen molar-refractivity contribution < 1.29 is 23.9 Å². The highest BCUT2D eigenvalue weighted by molar-refractivity contribution is 6.11. The standard InChI is InChI=1S/C5H5NO5/c1-10-4(8)2-3(7)6-5(9)11-2/h2H,1H3,(H,6,7,9). The number of imide groups is 1. The molecule has 1 N–H and O–H groups in total. The largest absolute Gasteiger partial charge is 0.466 e. The molecule has 1 saturated heterocycles. The Bertz CT molecular complexity index is 223. The van der Waals surface area contributed by atoms with E-state index in [1.54, 1.807) is 5.32 Å². The number of carbonyl (C=O) groups is 3. The summed E-state index contributed by atoms with van der Waals surface area (Å²) in [4.78, 5) is 31.6. The Labute approximate surface area is 61.5 Å². The molecule has 0 radical (unpaired) electrons. The van der Waals surface area contributed by atoms with E-state index in [9.17, 15) is 14.4 Å². The van der Waals surface area contributed by atoms with Gasteiger partial charge in [0.2, 0.25) is 0 Å². The van der Waals surface area contributed by atoms with Gasteiger partial charge < -0.3 is 9.47 Å². The molecule has 0 aliphatic carbocycles. The van der Waals surface area contributed by atoms with Gasteiger partial charge in [-0.2, -0.15) is 0 Å². The first-order valence-corrected chi connectivity index (χ1v) is 2.74. The Hall–Kier alpha value is -1.59. The predicted molar refractivity (Wildman–Crippen MR) is 30.4 cm³/mol. The van der Waals surface area contributed by atoms with Crippen molar-refractivity contribution in [1.82, 2.24) is 5.32 Å². The van der Waals surface area contributed by atoms with Crippen molar-refractivity contribution in [3.63, 3.8) is 0 Å². The zero-order chi connectivity index (χ0) is 8.43. The van der Waals surface area contributed by atoms with E-state index in [1.807, 2.05) is 0 Å². The van der Waals surface area contributed by atoms with Crippen molar-refractivity contribution in [2.24, 2.45) is 0 Å². The Morgan fingerprint density at radius 1 is 1.64 bits per heavy atom. The fourth-order valence-electron chi connectivity index (χ4n) is 0.618. The molecule has 0 aromatic carbocycles. The van der Waals surface area contributed by atoms with Crippen LogP contribution in [-0.4, -0.2) is 31.2 Å². The minimum absolute atomic E-state index is 0.790. The van der Waals surface area contributed by atoms with Gasteiger partial charge in [-0.3, -0.25) is 10.1 Å². The summed E-state index contributed by atoms with van der Waals surface area (Å²) in [5, 5.41) is 1.78. The number of nitrogens with one attached hydrogen (secondary N) is 1. The topological polar surface area (TPSA) is 81.7 Å². The molecule has 0 aromatic heterocycles. The molecule has 60 valence electrons. The van der Waals surface area contributed by atoms with Gasteiger partial charge >= 0.3 is 12.1 Å². The Kier molecular flexibility index (Phi) is 1.75. The van der Waals surface area contributed by atoms with Crippen molar-refractivity contribution in [2.75, 3.05) is 7.11 Å². The highest BCUT2D eigenvalue weighted by atomic mass is 16.6. The van der Waals surface area contributed by atoms with E-state index >= 15 is 0 Å². The van der Waals surface area contributed by atoms with E-state index < -0.39 is 24.1 Å². The maximum absolute atomic E-state index is 10.6. The summed E-state index contributed by atoms with van der Waals surface area (Å²) in [7, 11) is 1.10. The van der Waals surface area contributed by atoms with E-state index in [1.165, 1.54) is 0 Å². The van der Waals surface area contributed by atoms with Gasteiger partial charge in [-0.05, 0) is 0 Å². The predicted octanol–water partition coefficient (Wildman–Crippen LogP) is -1.21. The van der Waals surface area contributed by atoms with Crippen LogP contribution in [0, 0.1) is 0 Å². The molecule has 6 heteroatoms. The summed E-state index contributed by atoms with van der Waals surface area (Å²) in [5.74, 6) is -1.67. The number of esters is 1. The van der Waals surface area contributed by atoms with E-state index in [0.29, 0.717) is 0 Å². The van der Waals surface area contributed by atoms with Crippen LogP contribution in [0.1, 0.15) is 0 Å². The van der Waals surface area contributed by atoms with Gasteiger partial charge in [0.25, 0.3) is 12.0 Å². The van der Waals surface area contributed by atoms with Crippen molar-refractivity contribution in [3.8, 4) is 0 Å². The SMILES string of the molecule is COC(=O)C1OC(=O)NC1=O. The second kappa shape index (κ2) is 2.57. The molecule has 1 rings (SSSR count). The van der Waals surface area contributed by atoms with Crippen LogP contribution in [-0.2, 0) is 19.1 Å². The summed E-state index contributed by atoms with van der Waals surface area (Å²) in [5.41, 5.74) is 0. The summed E-state index contributed by atoms with van der Waals surface area (Å²) in [6.45, 7) is 0. The lowest BCUT2D eigenvalue weighted by Crippen LogP contribution is -2.31. The first-order chi connectivity index (χ1) is 5.15. The van der Waals surface area contributed by atoms with E-state index in [4.69, 9.17) is 0 Å². The zero-order valence-electron chi connectivity index (χ0n) is 5.62. The van der Waals surface area contributed by atoms with Gasteiger partial charge in [-0.15, -0.1) is 0 Å². The number of hydrogen-bond acceptors (Lipinski definition) is 5. The van der Waals surface area contributed by atoms with Gasteiger partial charge in [0.15, 0.2) is 0 Å². The van der Waals surface area contributed by atoms with Crippen LogP contribution < -0.4 is 5.32 Å². The molecule has 1 heterocycles. The van der Waals surface area contributed by atoms with Gasteiger partial charge in [-0.1, -0.05) is 0 Å². The van der Waals surface area contributed by atoms with Crippen molar-refractivity contribution >= 4 is 18.0 Å². The lowest BCUT2D eigenvalue weighted by Gasteiger charge is -2.01. The Morgan fingerprint density at radius 3 is 2.64 bits per heavy atom. The molecule has 11 heavy (non-hydrogen) atoms. The molecular weight excluding hydrogens is 154 g/mol. The average Bonchev–Trinajstić information content (AvgIpc) is 2.28. The van der Waals surface area contributed by atoms with E-state index in [2.05, 4.69) is 9.47 Å². The molecule has 0 saturated carbocycles. The van der Waals surface area contributed by atoms with Gasteiger partial charge in [0, 0.05) is 0 Å². The maximum Gasteiger partial charge on any atom is 0.415 e.